The topological polar surface area (TPSA) is 36.5 Å². The van der Waals surface area contributed by atoms with E-state index in [-0.39, 0.29) is 5.82 Å². The quantitative estimate of drug-likeness (QED) is 0.804. The second kappa shape index (κ2) is 8.16. The van der Waals surface area contributed by atoms with Crippen LogP contribution in [0, 0.1) is 5.82 Å². The third-order valence-electron chi connectivity index (χ3n) is 4.34. The van der Waals surface area contributed by atoms with Crippen molar-refractivity contribution < 1.29 is 9.13 Å². The van der Waals surface area contributed by atoms with Crippen molar-refractivity contribution in [2.45, 2.75) is 18.9 Å². The fraction of sp³-hybridized carbons (Fsp3) is 0.316. The van der Waals surface area contributed by atoms with Gasteiger partial charge in [-0.3, -0.25) is 0 Å². The molecule has 1 aliphatic heterocycles. The van der Waals surface area contributed by atoms with E-state index in [0.717, 1.165) is 48.2 Å². The van der Waals surface area contributed by atoms with Gasteiger partial charge in [-0.05, 0) is 73.6 Å². The van der Waals surface area contributed by atoms with E-state index in [1.54, 1.807) is 19.2 Å². The van der Waals surface area contributed by atoms with Gasteiger partial charge in [0.05, 0.1) is 7.11 Å². The molecule has 4 nitrogen and oxygen atoms in total. The highest BCUT2D eigenvalue weighted by molar-refractivity contribution is 7.80. The second-order valence-electron chi connectivity index (χ2n) is 6.07. The molecule has 0 amide bonds. The predicted molar refractivity (Wildman–Crippen MR) is 104 cm³/mol. The van der Waals surface area contributed by atoms with E-state index < -0.39 is 0 Å². The molecular weight excluding hydrogens is 337 g/mol. The van der Waals surface area contributed by atoms with E-state index in [1.165, 1.54) is 12.1 Å². The summed E-state index contributed by atoms with van der Waals surface area (Å²) in [6.07, 6.45) is 1.98. The van der Waals surface area contributed by atoms with Gasteiger partial charge in [0.15, 0.2) is 5.11 Å². The molecule has 0 atom stereocenters. The van der Waals surface area contributed by atoms with E-state index >= 15 is 0 Å². The molecular formula is C19H22FN3OS. The van der Waals surface area contributed by atoms with Crippen LogP contribution in [0.4, 0.5) is 15.8 Å². The molecule has 1 heterocycles. The minimum absolute atomic E-state index is 0.213. The van der Waals surface area contributed by atoms with Gasteiger partial charge < -0.3 is 20.3 Å². The normalized spacial score (nSPS) is 14.9. The molecule has 2 aromatic carbocycles. The Morgan fingerprint density at radius 3 is 2.24 bits per heavy atom. The van der Waals surface area contributed by atoms with Crippen molar-refractivity contribution in [1.29, 1.82) is 0 Å². The third kappa shape index (κ3) is 4.82. The highest BCUT2D eigenvalue weighted by Crippen LogP contribution is 2.19. The maximum absolute atomic E-state index is 13.0. The molecule has 3 rings (SSSR count). The average molecular weight is 359 g/mol. The van der Waals surface area contributed by atoms with Crippen molar-refractivity contribution in [2.24, 2.45) is 0 Å². The lowest BCUT2D eigenvalue weighted by atomic mass is 10.0. The van der Waals surface area contributed by atoms with Gasteiger partial charge in [-0.2, -0.15) is 0 Å². The number of halogens is 1. The van der Waals surface area contributed by atoms with Crippen molar-refractivity contribution in [1.82, 2.24) is 4.90 Å². The van der Waals surface area contributed by atoms with E-state index in [9.17, 15) is 4.39 Å². The molecule has 0 bridgehead atoms. The molecule has 0 spiro atoms. The first kappa shape index (κ1) is 17.5. The number of methoxy groups -OCH3 is 1. The van der Waals surface area contributed by atoms with Crippen molar-refractivity contribution >= 4 is 28.7 Å². The summed E-state index contributed by atoms with van der Waals surface area (Å²) in [4.78, 5) is 2.18. The standard InChI is InChI=1S/C19H22FN3OS/c1-24-18-8-6-16(7-9-18)22-19(25)23-12-10-17(11-13-23)21-15-4-2-14(20)3-5-15/h2-9,17,21H,10-13H2,1H3,(H,22,25). The van der Waals surface area contributed by atoms with Gasteiger partial charge in [-0.1, -0.05) is 0 Å². The molecule has 2 N–H and O–H groups in total. The van der Waals surface area contributed by atoms with Gasteiger partial charge >= 0.3 is 0 Å². The molecule has 6 heteroatoms. The summed E-state index contributed by atoms with van der Waals surface area (Å²) in [5.41, 5.74) is 1.91. The lowest BCUT2D eigenvalue weighted by Crippen LogP contribution is -2.44. The van der Waals surface area contributed by atoms with Crippen molar-refractivity contribution in [3.63, 3.8) is 0 Å². The van der Waals surface area contributed by atoms with Crippen LogP contribution in [0.2, 0.25) is 0 Å². The van der Waals surface area contributed by atoms with Gasteiger partial charge in [-0.15, -0.1) is 0 Å². The van der Waals surface area contributed by atoms with Crippen LogP contribution >= 0.6 is 12.2 Å². The van der Waals surface area contributed by atoms with E-state index in [4.69, 9.17) is 17.0 Å². The largest absolute Gasteiger partial charge is 0.497 e. The van der Waals surface area contributed by atoms with Crippen LogP contribution in [0.5, 0.6) is 5.75 Å². The molecule has 1 fully saturated rings. The van der Waals surface area contributed by atoms with Crippen molar-refractivity contribution in [2.75, 3.05) is 30.8 Å². The molecule has 0 aliphatic carbocycles. The highest BCUT2D eigenvalue weighted by atomic mass is 32.1. The zero-order valence-electron chi connectivity index (χ0n) is 14.2. The predicted octanol–water partition coefficient (Wildman–Crippen LogP) is 4.11. The Labute approximate surface area is 153 Å². The number of hydrogen-bond acceptors (Lipinski definition) is 3. The summed E-state index contributed by atoms with van der Waals surface area (Å²) in [6, 6.07) is 14.6. The summed E-state index contributed by atoms with van der Waals surface area (Å²) in [7, 11) is 1.65. The summed E-state index contributed by atoms with van der Waals surface area (Å²) >= 11 is 5.52. The zero-order chi connectivity index (χ0) is 17.6. The Kier molecular flexibility index (Phi) is 5.71. The fourth-order valence-corrected chi connectivity index (χ4v) is 3.19. The Morgan fingerprint density at radius 2 is 1.64 bits per heavy atom. The van der Waals surface area contributed by atoms with Crippen molar-refractivity contribution in [3.05, 3.63) is 54.3 Å². The smallest absolute Gasteiger partial charge is 0.173 e. The SMILES string of the molecule is COc1ccc(NC(=S)N2CCC(Nc3ccc(F)cc3)CC2)cc1. The van der Waals surface area contributed by atoms with Crippen LogP contribution in [0.15, 0.2) is 48.5 Å². The molecule has 0 unspecified atom stereocenters. The summed E-state index contributed by atoms with van der Waals surface area (Å²) in [6.45, 7) is 1.78. The second-order valence-corrected chi connectivity index (χ2v) is 6.46. The maximum Gasteiger partial charge on any atom is 0.173 e. The lowest BCUT2D eigenvalue weighted by molar-refractivity contribution is 0.328. The number of ether oxygens (including phenoxy) is 1. The Bertz CT molecular complexity index is 698. The first-order chi connectivity index (χ1) is 12.1. The van der Waals surface area contributed by atoms with Gasteiger partial charge in [0.25, 0.3) is 0 Å². The number of hydrogen-bond donors (Lipinski definition) is 2. The molecule has 1 saturated heterocycles. The first-order valence-electron chi connectivity index (χ1n) is 8.36. The lowest BCUT2D eigenvalue weighted by Gasteiger charge is -2.34. The number of rotatable bonds is 4. The Balaban J connectivity index is 1.47. The first-order valence-corrected chi connectivity index (χ1v) is 8.77. The molecule has 25 heavy (non-hydrogen) atoms. The van der Waals surface area contributed by atoms with Gasteiger partial charge in [0, 0.05) is 30.5 Å². The summed E-state index contributed by atoms with van der Waals surface area (Å²) in [5, 5.41) is 7.47. The zero-order valence-corrected chi connectivity index (χ0v) is 15.0. The highest BCUT2D eigenvalue weighted by Gasteiger charge is 2.20. The molecule has 2 aromatic rings. The Morgan fingerprint density at radius 1 is 1.04 bits per heavy atom. The number of nitrogens with one attached hydrogen (secondary N) is 2. The van der Waals surface area contributed by atoms with Gasteiger partial charge in [-0.25, -0.2) is 4.39 Å². The number of thiocarbonyl (C=S) groups is 1. The van der Waals surface area contributed by atoms with Crippen LogP contribution in [0.25, 0.3) is 0 Å². The number of benzene rings is 2. The Hall–Kier alpha value is -2.34. The minimum atomic E-state index is -0.213. The number of nitrogens with zero attached hydrogens (tertiary/aromatic N) is 1. The van der Waals surface area contributed by atoms with Gasteiger partial charge in [0.1, 0.15) is 11.6 Å². The molecule has 0 aromatic heterocycles. The number of piperidine rings is 1. The van der Waals surface area contributed by atoms with Crippen LogP contribution in [0.1, 0.15) is 12.8 Å². The van der Waals surface area contributed by atoms with E-state index in [0.29, 0.717) is 6.04 Å². The van der Waals surface area contributed by atoms with Crippen LogP contribution in [-0.4, -0.2) is 36.3 Å². The third-order valence-corrected chi connectivity index (χ3v) is 4.70. The molecule has 1 aliphatic rings. The maximum atomic E-state index is 13.0. The number of likely N-dealkylation sites (tertiary alicyclic amines) is 1. The summed E-state index contributed by atoms with van der Waals surface area (Å²) < 4.78 is 18.1. The van der Waals surface area contributed by atoms with E-state index in [1.807, 2.05) is 24.3 Å². The molecule has 0 radical (unpaired) electrons. The fourth-order valence-electron chi connectivity index (χ4n) is 2.89. The van der Waals surface area contributed by atoms with Gasteiger partial charge in [0.2, 0.25) is 0 Å². The molecule has 132 valence electrons. The average Bonchev–Trinajstić information content (AvgIpc) is 2.65. The van der Waals surface area contributed by atoms with Crippen molar-refractivity contribution in [3.8, 4) is 5.75 Å². The molecule has 0 saturated carbocycles. The van der Waals surface area contributed by atoms with E-state index in [2.05, 4.69) is 15.5 Å². The van der Waals surface area contributed by atoms with Crippen LogP contribution in [-0.2, 0) is 0 Å². The van der Waals surface area contributed by atoms with Crippen LogP contribution < -0.4 is 15.4 Å². The minimum Gasteiger partial charge on any atom is -0.497 e. The number of anilines is 2. The summed E-state index contributed by atoms with van der Waals surface area (Å²) in [5.74, 6) is 0.611. The van der Waals surface area contributed by atoms with Crippen LogP contribution in [0.3, 0.4) is 0 Å². The monoisotopic (exact) mass is 359 g/mol.